The summed E-state index contributed by atoms with van der Waals surface area (Å²) in [7, 11) is 0. The van der Waals surface area contributed by atoms with Gasteiger partial charge < -0.3 is 4.98 Å². The topological polar surface area (TPSA) is 32.9 Å². The number of halogens is 3. The minimum absolute atomic E-state index is 0.394. The molecule has 1 aromatic carbocycles. The lowest BCUT2D eigenvalue weighted by atomic mass is 10.1. The van der Waals surface area contributed by atoms with Gasteiger partial charge in [0, 0.05) is 17.1 Å². The van der Waals surface area contributed by atoms with E-state index in [1.165, 1.54) is 12.1 Å². The molecule has 2 rings (SSSR count). The van der Waals surface area contributed by atoms with Crippen molar-refractivity contribution in [1.82, 2.24) is 4.98 Å². The lowest BCUT2D eigenvalue weighted by molar-refractivity contribution is -0.137. The smallest absolute Gasteiger partial charge is 0.361 e. The van der Waals surface area contributed by atoms with Gasteiger partial charge in [0.25, 0.3) is 0 Å². The van der Waals surface area contributed by atoms with E-state index in [0.29, 0.717) is 22.8 Å². The molecule has 0 unspecified atom stereocenters. The van der Waals surface area contributed by atoms with Gasteiger partial charge in [0.15, 0.2) is 0 Å². The van der Waals surface area contributed by atoms with Gasteiger partial charge in [0.1, 0.15) is 6.29 Å². The van der Waals surface area contributed by atoms with Crippen LogP contribution in [0.15, 0.2) is 30.5 Å². The van der Waals surface area contributed by atoms with Crippen LogP contribution in [0, 0.1) is 0 Å². The molecule has 5 heteroatoms. The average molecular weight is 239 g/mol. The van der Waals surface area contributed by atoms with Crippen LogP contribution < -0.4 is 0 Å². The summed E-state index contributed by atoms with van der Waals surface area (Å²) in [5.41, 5.74) is 0.379. The number of hydrogen-bond acceptors (Lipinski definition) is 1. The average Bonchev–Trinajstić information content (AvgIpc) is 2.67. The number of nitrogens with one attached hydrogen (secondary N) is 1. The van der Waals surface area contributed by atoms with Gasteiger partial charge in [-0.2, -0.15) is 13.2 Å². The summed E-state index contributed by atoms with van der Waals surface area (Å²) < 4.78 is 37.4. The third-order valence-corrected chi connectivity index (χ3v) is 2.40. The molecule has 0 fully saturated rings. The number of hydrogen-bond donors (Lipinski definition) is 1. The van der Waals surface area contributed by atoms with Crippen molar-refractivity contribution in [2.24, 2.45) is 0 Å². The van der Waals surface area contributed by atoms with Crippen LogP contribution in [0.1, 0.15) is 11.1 Å². The lowest BCUT2D eigenvalue weighted by Gasteiger charge is -2.05. The Morgan fingerprint density at radius 2 is 2.00 bits per heavy atom. The molecule has 0 saturated carbocycles. The zero-order chi connectivity index (χ0) is 12.5. The Balaban J connectivity index is 2.52. The number of benzene rings is 1. The van der Waals surface area contributed by atoms with Crippen molar-refractivity contribution < 1.29 is 18.0 Å². The van der Waals surface area contributed by atoms with E-state index < -0.39 is 11.7 Å². The minimum Gasteiger partial charge on any atom is -0.361 e. The number of aldehydes is 1. The van der Waals surface area contributed by atoms with Crippen LogP contribution in [0.25, 0.3) is 17.0 Å². The molecule has 0 amide bonds. The second-order valence-electron chi connectivity index (χ2n) is 3.50. The van der Waals surface area contributed by atoms with Crippen LogP contribution in [0.3, 0.4) is 0 Å². The van der Waals surface area contributed by atoms with Crippen molar-refractivity contribution in [3.05, 3.63) is 41.6 Å². The zero-order valence-corrected chi connectivity index (χ0v) is 8.58. The molecule has 0 atom stereocenters. The molecule has 0 radical (unpaired) electrons. The fourth-order valence-electron chi connectivity index (χ4n) is 1.61. The van der Waals surface area contributed by atoms with Gasteiger partial charge in [-0.15, -0.1) is 0 Å². The highest BCUT2D eigenvalue weighted by Gasteiger charge is 2.30. The third kappa shape index (κ3) is 2.22. The van der Waals surface area contributed by atoms with Crippen LogP contribution in [-0.4, -0.2) is 11.3 Å². The fraction of sp³-hybridized carbons (Fsp3) is 0.0833. The van der Waals surface area contributed by atoms with Gasteiger partial charge in [-0.1, -0.05) is 6.07 Å². The van der Waals surface area contributed by atoms with E-state index in [0.717, 1.165) is 12.1 Å². The van der Waals surface area contributed by atoms with Crippen molar-refractivity contribution in [1.29, 1.82) is 0 Å². The number of fused-ring (bicyclic) bond motifs is 1. The van der Waals surface area contributed by atoms with Gasteiger partial charge in [0.2, 0.25) is 0 Å². The number of aromatic nitrogens is 1. The lowest BCUT2D eigenvalue weighted by Crippen LogP contribution is -2.04. The first-order chi connectivity index (χ1) is 8.02. The van der Waals surface area contributed by atoms with Crippen LogP contribution in [0.5, 0.6) is 0 Å². The van der Waals surface area contributed by atoms with Gasteiger partial charge >= 0.3 is 6.18 Å². The summed E-state index contributed by atoms with van der Waals surface area (Å²) in [4.78, 5) is 12.9. The zero-order valence-electron chi connectivity index (χ0n) is 8.58. The molecule has 2 nitrogen and oxygen atoms in total. The van der Waals surface area contributed by atoms with Crippen molar-refractivity contribution in [3.63, 3.8) is 0 Å². The number of aromatic amines is 1. The van der Waals surface area contributed by atoms with Gasteiger partial charge in [-0.25, -0.2) is 0 Å². The number of alkyl halides is 3. The highest BCUT2D eigenvalue weighted by molar-refractivity contribution is 5.91. The van der Waals surface area contributed by atoms with Crippen LogP contribution in [-0.2, 0) is 11.0 Å². The Labute approximate surface area is 94.8 Å². The van der Waals surface area contributed by atoms with Crippen molar-refractivity contribution >= 4 is 23.3 Å². The molecule has 1 aromatic heterocycles. The Kier molecular flexibility index (Phi) is 2.75. The van der Waals surface area contributed by atoms with Crippen LogP contribution in [0.4, 0.5) is 13.2 Å². The van der Waals surface area contributed by atoms with Crippen LogP contribution in [0.2, 0.25) is 0 Å². The molecule has 1 heterocycles. The molecule has 1 N–H and O–H groups in total. The molecule has 2 aromatic rings. The summed E-state index contributed by atoms with van der Waals surface area (Å²) in [6.45, 7) is 0. The largest absolute Gasteiger partial charge is 0.416 e. The number of carbonyl (C=O) groups is 1. The predicted octanol–water partition coefficient (Wildman–Crippen LogP) is 3.40. The maximum absolute atomic E-state index is 12.5. The highest BCUT2D eigenvalue weighted by Crippen LogP contribution is 2.32. The molecular formula is C12H8F3NO. The van der Waals surface area contributed by atoms with E-state index in [4.69, 9.17) is 0 Å². The molecule has 17 heavy (non-hydrogen) atoms. The summed E-state index contributed by atoms with van der Waals surface area (Å²) in [5, 5.41) is 0.649. The Bertz CT molecular complexity index is 581. The summed E-state index contributed by atoms with van der Waals surface area (Å²) >= 11 is 0. The van der Waals surface area contributed by atoms with Crippen LogP contribution >= 0.6 is 0 Å². The number of rotatable bonds is 2. The van der Waals surface area contributed by atoms with Gasteiger partial charge in [0.05, 0.1) is 5.56 Å². The van der Waals surface area contributed by atoms with Gasteiger partial charge in [-0.3, -0.25) is 4.79 Å². The predicted molar refractivity (Wildman–Crippen MR) is 58.4 cm³/mol. The Morgan fingerprint density at radius 1 is 1.24 bits per heavy atom. The molecule has 0 aliphatic heterocycles. The number of allylic oxidation sites excluding steroid dienone is 1. The molecule has 88 valence electrons. The summed E-state index contributed by atoms with van der Waals surface area (Å²) in [6.07, 6.45) is 0.658. The van der Waals surface area contributed by atoms with E-state index in [1.807, 2.05) is 0 Å². The molecule has 0 saturated heterocycles. The Hall–Kier alpha value is -2.04. The molecule has 0 spiro atoms. The first-order valence-corrected chi connectivity index (χ1v) is 4.82. The number of H-pyrrole nitrogens is 1. The maximum Gasteiger partial charge on any atom is 0.416 e. The van der Waals surface area contributed by atoms with E-state index in [2.05, 4.69) is 4.98 Å². The maximum atomic E-state index is 12.5. The summed E-state index contributed by atoms with van der Waals surface area (Å²) in [6, 6.07) is 3.46. The molecule has 0 aliphatic rings. The third-order valence-electron chi connectivity index (χ3n) is 2.40. The van der Waals surface area contributed by atoms with Crippen molar-refractivity contribution in [2.45, 2.75) is 6.18 Å². The van der Waals surface area contributed by atoms with E-state index in [-0.39, 0.29) is 0 Å². The molecule has 0 aliphatic carbocycles. The van der Waals surface area contributed by atoms with E-state index in [9.17, 15) is 18.0 Å². The first-order valence-electron chi connectivity index (χ1n) is 4.82. The van der Waals surface area contributed by atoms with Crippen molar-refractivity contribution in [2.75, 3.05) is 0 Å². The highest BCUT2D eigenvalue weighted by atomic mass is 19.4. The second kappa shape index (κ2) is 4.08. The SMILES string of the molecule is O=C/C=C/c1c[nH]c2cc(C(F)(F)F)ccc12. The Morgan fingerprint density at radius 3 is 2.65 bits per heavy atom. The fourth-order valence-corrected chi connectivity index (χ4v) is 1.61. The van der Waals surface area contributed by atoms with Crippen molar-refractivity contribution in [3.8, 4) is 0 Å². The normalized spacial score (nSPS) is 12.4. The quantitative estimate of drug-likeness (QED) is 0.632. The summed E-state index contributed by atoms with van der Waals surface area (Å²) in [5.74, 6) is 0. The molecule has 0 bridgehead atoms. The second-order valence-corrected chi connectivity index (χ2v) is 3.50. The molecular weight excluding hydrogens is 231 g/mol. The monoisotopic (exact) mass is 239 g/mol. The standard InChI is InChI=1S/C12H8F3NO/c13-12(14,15)9-3-4-10-8(2-1-5-17)7-16-11(10)6-9/h1-7,16H/b2-1+. The first kappa shape index (κ1) is 11.4. The number of carbonyl (C=O) groups excluding carboxylic acids is 1. The minimum atomic E-state index is -4.35. The van der Waals surface area contributed by atoms with E-state index in [1.54, 1.807) is 12.3 Å². The van der Waals surface area contributed by atoms with E-state index >= 15 is 0 Å². The van der Waals surface area contributed by atoms with Gasteiger partial charge in [-0.05, 0) is 29.8 Å².